The molecule has 2 unspecified atom stereocenters. The van der Waals surface area contributed by atoms with E-state index in [4.69, 9.17) is 9.47 Å². The number of carbonyl (C=O) groups excluding carboxylic acids is 2. The second-order valence-corrected chi connectivity index (χ2v) is 7.83. The third-order valence-corrected chi connectivity index (χ3v) is 6.18. The molecule has 0 bridgehead atoms. The Morgan fingerprint density at radius 3 is 2.29 bits per heavy atom. The molecule has 0 heterocycles. The molecule has 3 aliphatic rings. The summed E-state index contributed by atoms with van der Waals surface area (Å²) in [6, 6.07) is 0. The van der Waals surface area contributed by atoms with Gasteiger partial charge in [0.25, 0.3) is 0 Å². The van der Waals surface area contributed by atoms with Crippen molar-refractivity contribution < 1.29 is 19.1 Å². The van der Waals surface area contributed by atoms with E-state index in [2.05, 4.69) is 13.5 Å². The third-order valence-electron chi connectivity index (χ3n) is 6.18. The number of esters is 2. The first-order valence-electron chi connectivity index (χ1n) is 9.65. The number of unbranched alkanes of at least 4 members (excludes halogenated alkanes) is 1. The Balaban J connectivity index is 1.38. The fourth-order valence-corrected chi connectivity index (χ4v) is 4.51. The number of ether oxygens (including phenoxy) is 2. The molecule has 4 heteroatoms. The van der Waals surface area contributed by atoms with Gasteiger partial charge in [0, 0.05) is 17.4 Å². The van der Waals surface area contributed by atoms with Crippen LogP contribution >= 0.6 is 0 Å². The lowest BCUT2D eigenvalue weighted by Gasteiger charge is -2.29. The molecule has 3 rings (SSSR count). The van der Waals surface area contributed by atoms with Gasteiger partial charge in [-0.15, -0.1) is 0 Å². The van der Waals surface area contributed by atoms with Gasteiger partial charge in [-0.2, -0.15) is 0 Å². The molecular formula is C20H30O4. The lowest BCUT2D eigenvalue weighted by atomic mass is 9.93. The zero-order valence-corrected chi connectivity index (χ0v) is 14.9. The van der Waals surface area contributed by atoms with Gasteiger partial charge >= 0.3 is 11.9 Å². The Labute approximate surface area is 145 Å². The Morgan fingerprint density at radius 1 is 1.08 bits per heavy atom. The normalized spacial score (nSPS) is 34.3. The summed E-state index contributed by atoms with van der Waals surface area (Å²) in [4.78, 5) is 24.1. The van der Waals surface area contributed by atoms with Crippen LogP contribution in [0.5, 0.6) is 0 Å². The van der Waals surface area contributed by atoms with Crippen molar-refractivity contribution >= 4 is 11.9 Å². The van der Waals surface area contributed by atoms with Crippen molar-refractivity contribution in [1.29, 1.82) is 0 Å². The van der Waals surface area contributed by atoms with E-state index in [-0.39, 0.29) is 29.6 Å². The molecule has 0 aromatic rings. The zero-order chi connectivity index (χ0) is 17.2. The van der Waals surface area contributed by atoms with E-state index in [1.165, 1.54) is 12.8 Å². The van der Waals surface area contributed by atoms with E-state index in [1.54, 1.807) is 0 Å². The molecule has 134 valence electrons. The Bertz CT molecular complexity index is 504. The van der Waals surface area contributed by atoms with Crippen molar-refractivity contribution in [2.24, 2.45) is 11.3 Å². The highest BCUT2D eigenvalue weighted by Gasteiger charge is 2.60. The van der Waals surface area contributed by atoms with E-state index >= 15 is 0 Å². The van der Waals surface area contributed by atoms with Gasteiger partial charge in [0.05, 0.1) is 0 Å². The van der Waals surface area contributed by atoms with Crippen molar-refractivity contribution in [3.63, 3.8) is 0 Å². The minimum Gasteiger partial charge on any atom is -0.462 e. The van der Waals surface area contributed by atoms with Crippen LogP contribution in [0.3, 0.4) is 0 Å². The van der Waals surface area contributed by atoms with Gasteiger partial charge in [-0.25, -0.2) is 4.79 Å². The first-order chi connectivity index (χ1) is 11.5. The quantitative estimate of drug-likeness (QED) is 0.514. The monoisotopic (exact) mass is 334 g/mol. The minimum atomic E-state index is -0.192. The molecule has 0 amide bonds. The first kappa shape index (κ1) is 17.5. The number of rotatable bonds is 7. The predicted molar refractivity (Wildman–Crippen MR) is 91.3 cm³/mol. The van der Waals surface area contributed by atoms with Crippen LogP contribution in [0.2, 0.25) is 0 Å². The number of hydrogen-bond donors (Lipinski definition) is 0. The highest BCUT2D eigenvalue weighted by molar-refractivity contribution is 5.90. The van der Waals surface area contributed by atoms with Crippen molar-refractivity contribution in [1.82, 2.24) is 0 Å². The molecule has 0 N–H and O–H groups in total. The second kappa shape index (κ2) is 7.28. The van der Waals surface area contributed by atoms with E-state index in [0.717, 1.165) is 51.4 Å². The van der Waals surface area contributed by atoms with Crippen molar-refractivity contribution in [3.8, 4) is 0 Å². The fraction of sp³-hybridized carbons (Fsp3) is 0.800. The van der Waals surface area contributed by atoms with Crippen molar-refractivity contribution in [2.45, 2.75) is 89.8 Å². The summed E-state index contributed by atoms with van der Waals surface area (Å²) in [5.74, 6) is 0.393. The zero-order valence-electron chi connectivity index (χ0n) is 14.9. The van der Waals surface area contributed by atoms with Gasteiger partial charge in [-0.05, 0) is 57.3 Å². The summed E-state index contributed by atoms with van der Waals surface area (Å²) in [5.41, 5.74) is 0.793. The van der Waals surface area contributed by atoms with E-state index in [9.17, 15) is 9.59 Å². The summed E-state index contributed by atoms with van der Waals surface area (Å²) in [6.45, 7) is 6.12. The number of fused-ring (bicyclic) bond motifs is 1. The SMILES string of the molecule is C=C(C(=O)OC1CCC(OC(=O)CCCC)CC1)C12CCCC1C2. The summed E-state index contributed by atoms with van der Waals surface area (Å²) in [7, 11) is 0. The highest BCUT2D eigenvalue weighted by Crippen LogP contribution is 2.67. The molecule has 0 saturated heterocycles. The summed E-state index contributed by atoms with van der Waals surface area (Å²) in [5, 5.41) is 0. The van der Waals surface area contributed by atoms with Crippen LogP contribution in [0.25, 0.3) is 0 Å². The van der Waals surface area contributed by atoms with Crippen LogP contribution in [0.4, 0.5) is 0 Å². The molecule has 0 radical (unpaired) electrons. The largest absolute Gasteiger partial charge is 0.462 e. The maximum Gasteiger partial charge on any atom is 0.334 e. The van der Waals surface area contributed by atoms with Gasteiger partial charge < -0.3 is 9.47 Å². The highest BCUT2D eigenvalue weighted by atomic mass is 16.6. The summed E-state index contributed by atoms with van der Waals surface area (Å²) < 4.78 is 11.2. The van der Waals surface area contributed by atoms with Crippen molar-refractivity contribution in [3.05, 3.63) is 12.2 Å². The second-order valence-electron chi connectivity index (χ2n) is 7.83. The fourth-order valence-electron chi connectivity index (χ4n) is 4.51. The van der Waals surface area contributed by atoms with Crippen LogP contribution in [-0.2, 0) is 19.1 Å². The van der Waals surface area contributed by atoms with Crippen LogP contribution in [0.1, 0.15) is 77.6 Å². The molecule has 4 nitrogen and oxygen atoms in total. The Morgan fingerprint density at radius 2 is 1.75 bits per heavy atom. The van der Waals surface area contributed by atoms with Gasteiger partial charge in [-0.1, -0.05) is 26.3 Å². The third kappa shape index (κ3) is 3.68. The van der Waals surface area contributed by atoms with Crippen LogP contribution in [0, 0.1) is 11.3 Å². The molecule has 0 aromatic carbocycles. The smallest absolute Gasteiger partial charge is 0.334 e. The average molecular weight is 334 g/mol. The summed E-state index contributed by atoms with van der Waals surface area (Å²) in [6.07, 6.45) is 10.2. The standard InChI is InChI=1S/C20H30O4/c1-3-4-7-18(21)23-16-8-10-17(11-9-16)24-19(22)14(2)20-12-5-6-15(20)13-20/h15-17H,2-13H2,1H3. The van der Waals surface area contributed by atoms with Gasteiger partial charge in [0.1, 0.15) is 12.2 Å². The first-order valence-corrected chi connectivity index (χ1v) is 9.65. The average Bonchev–Trinajstić information content (AvgIpc) is 3.15. The van der Waals surface area contributed by atoms with Gasteiger partial charge in [0.2, 0.25) is 0 Å². The molecule has 0 spiro atoms. The predicted octanol–water partition coefficient (Wildman–Crippen LogP) is 4.32. The van der Waals surface area contributed by atoms with Crippen molar-refractivity contribution in [2.75, 3.05) is 0 Å². The molecule has 3 aliphatic carbocycles. The van der Waals surface area contributed by atoms with E-state index in [1.807, 2.05) is 0 Å². The molecule has 3 saturated carbocycles. The topological polar surface area (TPSA) is 52.6 Å². The number of hydrogen-bond acceptors (Lipinski definition) is 4. The Hall–Kier alpha value is -1.32. The van der Waals surface area contributed by atoms with E-state index < -0.39 is 0 Å². The molecule has 3 fully saturated rings. The Kier molecular flexibility index (Phi) is 5.31. The van der Waals surface area contributed by atoms with Crippen LogP contribution in [-0.4, -0.2) is 24.1 Å². The van der Waals surface area contributed by atoms with Gasteiger partial charge in [-0.3, -0.25) is 4.79 Å². The minimum absolute atomic E-state index is 0.00579. The molecule has 0 aromatic heterocycles. The summed E-state index contributed by atoms with van der Waals surface area (Å²) >= 11 is 0. The molecule has 24 heavy (non-hydrogen) atoms. The maximum atomic E-state index is 12.4. The lowest BCUT2D eigenvalue weighted by molar-refractivity contribution is -0.156. The van der Waals surface area contributed by atoms with Crippen LogP contribution in [0.15, 0.2) is 12.2 Å². The van der Waals surface area contributed by atoms with E-state index in [0.29, 0.717) is 17.9 Å². The lowest BCUT2D eigenvalue weighted by Crippen LogP contribution is -2.30. The number of carbonyl (C=O) groups is 2. The van der Waals surface area contributed by atoms with Gasteiger partial charge in [0.15, 0.2) is 0 Å². The molecule has 2 atom stereocenters. The molecular weight excluding hydrogens is 304 g/mol. The van der Waals surface area contributed by atoms with Crippen LogP contribution < -0.4 is 0 Å². The maximum absolute atomic E-state index is 12.4. The molecule has 0 aliphatic heterocycles.